The summed E-state index contributed by atoms with van der Waals surface area (Å²) < 4.78 is 4.45. The number of carbonyl (C=O) groups excluding carboxylic acids is 2. The van der Waals surface area contributed by atoms with E-state index >= 15 is 0 Å². The van der Waals surface area contributed by atoms with Gasteiger partial charge < -0.3 is 4.74 Å². The van der Waals surface area contributed by atoms with E-state index in [1.54, 1.807) is 6.07 Å². The number of aldehydes is 1. The molecule has 0 saturated heterocycles. The lowest BCUT2D eigenvalue weighted by atomic mass is 10.2. The van der Waals surface area contributed by atoms with Crippen molar-refractivity contribution >= 4 is 23.6 Å². The molecule has 0 amide bonds. The second-order valence-corrected chi connectivity index (χ2v) is 3.92. The Morgan fingerprint density at radius 2 is 2.40 bits per heavy atom. The van der Waals surface area contributed by atoms with E-state index in [2.05, 4.69) is 16.6 Å². The van der Waals surface area contributed by atoms with Gasteiger partial charge in [0.2, 0.25) is 0 Å². The highest BCUT2D eigenvalue weighted by molar-refractivity contribution is 7.14. The summed E-state index contributed by atoms with van der Waals surface area (Å²) in [4.78, 5) is 22.7. The summed E-state index contributed by atoms with van der Waals surface area (Å²) in [5, 5.41) is 0. The molecule has 0 saturated carbocycles. The van der Waals surface area contributed by atoms with Crippen LogP contribution in [0.2, 0.25) is 0 Å². The predicted molar refractivity (Wildman–Crippen MR) is 58.0 cm³/mol. The number of ether oxygens (including phenoxy) is 1. The van der Waals surface area contributed by atoms with Crippen LogP contribution < -0.4 is 0 Å². The minimum atomic E-state index is -0.354. The van der Waals surface area contributed by atoms with E-state index in [0.717, 1.165) is 16.7 Å². The summed E-state index contributed by atoms with van der Waals surface area (Å²) in [6, 6.07) is 1.78. The molecular formula is C11H10O3S. The average molecular weight is 222 g/mol. The van der Waals surface area contributed by atoms with Crippen LogP contribution in [-0.4, -0.2) is 19.4 Å². The van der Waals surface area contributed by atoms with Gasteiger partial charge in [0.15, 0.2) is 6.29 Å². The molecule has 0 N–H and O–H groups in total. The first-order valence-corrected chi connectivity index (χ1v) is 5.10. The number of hydrogen-bond acceptors (Lipinski definition) is 4. The molecule has 0 unspecified atom stereocenters. The van der Waals surface area contributed by atoms with Gasteiger partial charge in [-0.15, -0.1) is 11.3 Å². The fourth-order valence-electron chi connectivity index (χ4n) is 0.958. The largest absolute Gasteiger partial charge is 0.468 e. The fraction of sp³-hybridized carbons (Fsp3) is 0.273. The second-order valence-electron chi connectivity index (χ2n) is 2.83. The van der Waals surface area contributed by atoms with Gasteiger partial charge in [0, 0.05) is 0 Å². The summed E-state index contributed by atoms with van der Waals surface area (Å²) in [6.45, 7) is 1.88. The highest BCUT2D eigenvalue weighted by atomic mass is 32.1. The van der Waals surface area contributed by atoms with Gasteiger partial charge in [0.1, 0.15) is 6.42 Å². The zero-order valence-corrected chi connectivity index (χ0v) is 9.31. The Labute approximate surface area is 92.1 Å². The van der Waals surface area contributed by atoms with Gasteiger partial charge >= 0.3 is 5.97 Å². The maximum absolute atomic E-state index is 10.8. The third-order valence-electron chi connectivity index (χ3n) is 1.72. The first-order chi connectivity index (χ1) is 7.17. The van der Waals surface area contributed by atoms with Crippen molar-refractivity contribution in [3.8, 4) is 11.8 Å². The van der Waals surface area contributed by atoms with Gasteiger partial charge in [0.05, 0.1) is 16.9 Å². The summed E-state index contributed by atoms with van der Waals surface area (Å²) in [5.41, 5.74) is 0.958. The van der Waals surface area contributed by atoms with Crippen LogP contribution in [-0.2, 0) is 9.53 Å². The van der Waals surface area contributed by atoms with E-state index in [4.69, 9.17) is 0 Å². The lowest BCUT2D eigenvalue weighted by molar-refractivity contribution is -0.139. The van der Waals surface area contributed by atoms with Crippen LogP contribution in [0.4, 0.5) is 0 Å². The van der Waals surface area contributed by atoms with Crippen molar-refractivity contribution in [3.63, 3.8) is 0 Å². The molecule has 0 bridgehead atoms. The molecule has 1 rings (SSSR count). The lowest BCUT2D eigenvalue weighted by Crippen LogP contribution is -1.96. The monoisotopic (exact) mass is 222 g/mol. The van der Waals surface area contributed by atoms with Crippen molar-refractivity contribution in [2.24, 2.45) is 0 Å². The van der Waals surface area contributed by atoms with E-state index < -0.39 is 0 Å². The van der Waals surface area contributed by atoms with Gasteiger partial charge in [-0.1, -0.05) is 11.8 Å². The Balaban J connectivity index is 2.75. The van der Waals surface area contributed by atoms with Crippen molar-refractivity contribution in [1.82, 2.24) is 0 Å². The molecule has 0 spiro atoms. The molecule has 0 aliphatic carbocycles. The van der Waals surface area contributed by atoms with Gasteiger partial charge in [0.25, 0.3) is 0 Å². The minimum absolute atomic E-state index is 0.0737. The smallest absolute Gasteiger partial charge is 0.317 e. The van der Waals surface area contributed by atoms with Crippen molar-refractivity contribution < 1.29 is 14.3 Å². The molecule has 0 fully saturated rings. The molecule has 78 valence electrons. The van der Waals surface area contributed by atoms with Gasteiger partial charge in [-0.3, -0.25) is 9.59 Å². The SMILES string of the molecule is COC(=O)CC#Cc1sc(C=O)cc1C. The molecule has 0 aromatic carbocycles. The zero-order valence-electron chi connectivity index (χ0n) is 8.49. The lowest BCUT2D eigenvalue weighted by Gasteiger charge is -1.89. The molecule has 0 radical (unpaired) electrons. The van der Waals surface area contributed by atoms with Gasteiger partial charge in [-0.05, 0) is 18.6 Å². The number of thiophene rings is 1. The Morgan fingerprint density at radius 3 is 2.93 bits per heavy atom. The first kappa shape index (κ1) is 11.5. The maximum Gasteiger partial charge on any atom is 0.317 e. The summed E-state index contributed by atoms with van der Waals surface area (Å²) in [5.74, 6) is 5.19. The topological polar surface area (TPSA) is 43.4 Å². The first-order valence-electron chi connectivity index (χ1n) is 4.28. The van der Waals surface area contributed by atoms with Crippen LogP contribution >= 0.6 is 11.3 Å². The Hall–Kier alpha value is -1.60. The number of aryl methyl sites for hydroxylation is 1. The molecular weight excluding hydrogens is 212 g/mol. The molecule has 0 aliphatic rings. The van der Waals surface area contributed by atoms with Crippen molar-refractivity contribution in [2.45, 2.75) is 13.3 Å². The summed E-state index contributed by atoms with van der Waals surface area (Å²) >= 11 is 1.32. The molecule has 3 nitrogen and oxygen atoms in total. The Morgan fingerprint density at radius 1 is 1.67 bits per heavy atom. The molecule has 1 aromatic heterocycles. The number of rotatable bonds is 2. The van der Waals surface area contributed by atoms with E-state index in [0.29, 0.717) is 4.88 Å². The molecule has 15 heavy (non-hydrogen) atoms. The van der Waals surface area contributed by atoms with Crippen LogP contribution in [0.15, 0.2) is 6.07 Å². The molecule has 0 aliphatic heterocycles. The number of esters is 1. The Kier molecular flexibility index (Phi) is 4.07. The van der Waals surface area contributed by atoms with Crippen LogP contribution in [0.5, 0.6) is 0 Å². The van der Waals surface area contributed by atoms with Crippen molar-refractivity contribution in [2.75, 3.05) is 7.11 Å². The van der Waals surface area contributed by atoms with E-state index in [-0.39, 0.29) is 12.4 Å². The van der Waals surface area contributed by atoms with Gasteiger partial charge in [-0.2, -0.15) is 0 Å². The standard InChI is InChI=1S/C11H10O3S/c1-8-6-9(7-12)15-10(8)4-3-5-11(13)14-2/h6-7H,5H2,1-2H3. The third kappa shape index (κ3) is 3.22. The van der Waals surface area contributed by atoms with Crippen molar-refractivity contribution in [1.29, 1.82) is 0 Å². The van der Waals surface area contributed by atoms with E-state index in [1.165, 1.54) is 18.4 Å². The number of hydrogen-bond donors (Lipinski definition) is 0. The van der Waals surface area contributed by atoms with E-state index in [9.17, 15) is 9.59 Å². The van der Waals surface area contributed by atoms with Crippen molar-refractivity contribution in [3.05, 3.63) is 21.4 Å². The fourth-order valence-corrected chi connectivity index (χ4v) is 1.82. The highest BCUT2D eigenvalue weighted by Gasteiger charge is 2.01. The van der Waals surface area contributed by atoms with E-state index in [1.807, 2.05) is 6.92 Å². The quantitative estimate of drug-likeness (QED) is 0.435. The molecule has 1 heterocycles. The summed E-state index contributed by atoms with van der Waals surface area (Å²) in [6.07, 6.45) is 0.868. The van der Waals surface area contributed by atoms with Gasteiger partial charge in [-0.25, -0.2) is 0 Å². The van der Waals surface area contributed by atoms with Crippen LogP contribution in [0.25, 0.3) is 0 Å². The predicted octanol–water partition coefficient (Wildman–Crippen LogP) is 1.78. The maximum atomic E-state index is 10.8. The highest BCUT2D eigenvalue weighted by Crippen LogP contribution is 2.18. The normalized spacial score (nSPS) is 8.93. The van der Waals surface area contributed by atoms with Crippen LogP contribution in [0.1, 0.15) is 26.5 Å². The number of methoxy groups -OCH3 is 1. The van der Waals surface area contributed by atoms with Crippen LogP contribution in [0.3, 0.4) is 0 Å². The molecule has 4 heteroatoms. The zero-order chi connectivity index (χ0) is 11.3. The summed E-state index contributed by atoms with van der Waals surface area (Å²) in [7, 11) is 1.32. The number of carbonyl (C=O) groups is 2. The molecule has 1 aromatic rings. The average Bonchev–Trinajstić information content (AvgIpc) is 2.59. The third-order valence-corrected chi connectivity index (χ3v) is 2.79. The van der Waals surface area contributed by atoms with Crippen LogP contribution in [0, 0.1) is 18.8 Å². The minimum Gasteiger partial charge on any atom is -0.468 e. The second kappa shape index (κ2) is 5.32. The Bertz CT molecular complexity index is 434. The molecule has 0 atom stereocenters.